The largest absolute Gasteiger partial charge is 0.481 e. The second kappa shape index (κ2) is 39.8. The lowest BCUT2D eigenvalue weighted by Gasteiger charge is -2.23. The number of carboxylic acid groups (broad SMARTS) is 2. The lowest BCUT2D eigenvalue weighted by Crippen LogP contribution is -2.41. The van der Waals surface area contributed by atoms with Gasteiger partial charge < -0.3 is 45.1 Å². The summed E-state index contributed by atoms with van der Waals surface area (Å²) in [5.74, 6) is -3.89. The first-order chi connectivity index (χ1) is 31.9. The maximum atomic E-state index is 13.2. The van der Waals surface area contributed by atoms with E-state index < -0.39 is 29.3 Å². The van der Waals surface area contributed by atoms with E-state index >= 15 is 0 Å². The monoisotopic (exact) mass is 956 g/mol. The van der Waals surface area contributed by atoms with Crippen molar-refractivity contribution in [3.63, 3.8) is 0 Å². The van der Waals surface area contributed by atoms with E-state index in [9.17, 15) is 48.3 Å². The number of hydrogen-bond acceptors (Lipinski definition) is 13. The first-order valence-corrected chi connectivity index (χ1v) is 24.5. The highest BCUT2D eigenvalue weighted by Gasteiger charge is 2.30. The standard InChI is InChI=1S/C49H85N3O15/c1-6-18-38(37(2)53)33-42(55)39(34-43(56)49(3,4)5)19-15-16-25-50-46(59)36-67-32-29-64-27-17-20-40(54)35-66-31-30-65-28-26-51-44(57)24-23-41(48(62)63)52-45(58)21-13-11-9-7-8-10-12-14-22-47(60)61/h38-39,41H,6-36H2,1-5H3,(H,50,59)(H,51,57)(H,52,58)(H,60,61)(H,62,63)/t38-,39-,41+/m1/s1. The van der Waals surface area contributed by atoms with Crippen LogP contribution < -0.4 is 16.0 Å². The van der Waals surface area contributed by atoms with E-state index in [1.165, 1.54) is 6.92 Å². The number of ether oxygens (including phenoxy) is 4. The second-order valence-corrected chi connectivity index (χ2v) is 18.2. The van der Waals surface area contributed by atoms with Crippen molar-refractivity contribution in [2.45, 2.75) is 175 Å². The van der Waals surface area contributed by atoms with Crippen LogP contribution in [0.3, 0.4) is 0 Å². The number of unbranched alkanes of at least 4 members (excludes halogenated alkanes) is 8. The van der Waals surface area contributed by atoms with Gasteiger partial charge in [0.1, 0.15) is 36.6 Å². The van der Waals surface area contributed by atoms with Crippen LogP contribution in [0.2, 0.25) is 0 Å². The van der Waals surface area contributed by atoms with Crippen LogP contribution in [-0.2, 0) is 62.1 Å². The molecule has 0 rings (SSSR count). The van der Waals surface area contributed by atoms with Crippen LogP contribution in [0.25, 0.3) is 0 Å². The lowest BCUT2D eigenvalue weighted by atomic mass is 9.80. The molecule has 0 fully saturated rings. The van der Waals surface area contributed by atoms with Gasteiger partial charge in [-0.1, -0.05) is 79.1 Å². The van der Waals surface area contributed by atoms with Gasteiger partial charge in [0.25, 0.3) is 0 Å². The molecule has 67 heavy (non-hydrogen) atoms. The van der Waals surface area contributed by atoms with Crippen molar-refractivity contribution in [2.24, 2.45) is 17.3 Å². The summed E-state index contributed by atoms with van der Waals surface area (Å²) in [5, 5.41) is 26.1. The van der Waals surface area contributed by atoms with Gasteiger partial charge in [0.2, 0.25) is 17.7 Å². The van der Waals surface area contributed by atoms with Gasteiger partial charge >= 0.3 is 11.9 Å². The predicted octanol–water partition coefficient (Wildman–Crippen LogP) is 5.73. The normalized spacial score (nSPS) is 12.7. The Hall–Kier alpha value is -4.13. The first-order valence-electron chi connectivity index (χ1n) is 24.5. The number of Topliss-reactive ketones (excluding diaryl/α,β-unsaturated/α-hetero) is 4. The average molecular weight is 956 g/mol. The Bertz CT molecular complexity index is 1470. The molecule has 0 bridgehead atoms. The zero-order valence-corrected chi connectivity index (χ0v) is 41.4. The van der Waals surface area contributed by atoms with E-state index in [1.807, 2.05) is 27.7 Å². The van der Waals surface area contributed by atoms with Crippen LogP contribution in [-0.4, -0.2) is 135 Å². The van der Waals surface area contributed by atoms with E-state index in [0.29, 0.717) is 58.1 Å². The van der Waals surface area contributed by atoms with E-state index in [-0.39, 0.29) is 145 Å². The fourth-order valence-corrected chi connectivity index (χ4v) is 6.92. The van der Waals surface area contributed by atoms with Crippen molar-refractivity contribution >= 4 is 52.8 Å². The van der Waals surface area contributed by atoms with Crippen LogP contribution in [0.5, 0.6) is 0 Å². The third-order valence-corrected chi connectivity index (χ3v) is 11.1. The molecule has 0 aromatic rings. The molecule has 0 saturated heterocycles. The summed E-state index contributed by atoms with van der Waals surface area (Å²) >= 11 is 0. The Morgan fingerprint density at radius 3 is 1.70 bits per heavy atom. The van der Waals surface area contributed by atoms with Crippen LogP contribution >= 0.6 is 0 Å². The quantitative estimate of drug-likeness (QED) is 0.0457. The zero-order valence-electron chi connectivity index (χ0n) is 41.4. The van der Waals surface area contributed by atoms with Gasteiger partial charge in [-0.15, -0.1) is 0 Å². The summed E-state index contributed by atoms with van der Waals surface area (Å²) in [5.41, 5.74) is -0.561. The number of aliphatic carboxylic acids is 2. The summed E-state index contributed by atoms with van der Waals surface area (Å²) in [4.78, 5) is 109. The number of carboxylic acids is 2. The molecule has 0 aliphatic rings. The number of carbonyl (C=O) groups excluding carboxylic acids is 7. The highest BCUT2D eigenvalue weighted by atomic mass is 16.5. The van der Waals surface area contributed by atoms with Crippen molar-refractivity contribution in [1.82, 2.24) is 16.0 Å². The number of rotatable bonds is 46. The summed E-state index contributed by atoms with van der Waals surface area (Å²) < 4.78 is 21.6. The van der Waals surface area contributed by atoms with E-state index in [1.54, 1.807) is 0 Å². The smallest absolute Gasteiger partial charge is 0.326 e. The highest BCUT2D eigenvalue weighted by Crippen LogP contribution is 2.26. The molecule has 18 nitrogen and oxygen atoms in total. The minimum atomic E-state index is -1.21. The van der Waals surface area contributed by atoms with Gasteiger partial charge in [0.05, 0.1) is 33.0 Å². The summed E-state index contributed by atoms with van der Waals surface area (Å²) in [6, 6.07) is -1.17. The third-order valence-electron chi connectivity index (χ3n) is 11.1. The number of ketones is 4. The van der Waals surface area contributed by atoms with Gasteiger partial charge in [-0.2, -0.15) is 0 Å². The molecule has 18 heteroatoms. The Morgan fingerprint density at radius 1 is 0.522 bits per heavy atom. The van der Waals surface area contributed by atoms with Crippen molar-refractivity contribution < 1.29 is 72.3 Å². The molecule has 0 aromatic heterocycles. The van der Waals surface area contributed by atoms with Crippen molar-refractivity contribution in [3.8, 4) is 0 Å². The molecule has 3 atom stereocenters. The van der Waals surface area contributed by atoms with Crippen LogP contribution in [0.15, 0.2) is 0 Å². The van der Waals surface area contributed by atoms with Gasteiger partial charge in [-0.3, -0.25) is 38.4 Å². The fraction of sp³-hybridized carbons (Fsp3) is 0.816. The molecule has 0 aliphatic carbocycles. The van der Waals surface area contributed by atoms with Crippen LogP contribution in [0.4, 0.5) is 0 Å². The molecular weight excluding hydrogens is 871 g/mol. The molecule has 0 aliphatic heterocycles. The van der Waals surface area contributed by atoms with E-state index in [2.05, 4.69) is 16.0 Å². The molecule has 0 heterocycles. The maximum absolute atomic E-state index is 13.2. The molecule has 0 unspecified atom stereocenters. The molecule has 0 aromatic carbocycles. The lowest BCUT2D eigenvalue weighted by molar-refractivity contribution is -0.142. The minimum Gasteiger partial charge on any atom is -0.481 e. The molecule has 5 N–H and O–H groups in total. The minimum absolute atomic E-state index is 0.00410. The SMILES string of the molecule is CCC[C@H](CC(=O)[C@H](CCCCNC(=O)COCCOCCCC(=O)COCCOCCNC(=O)CC[C@H](NC(=O)CCCCCCCCCCC(=O)O)C(=O)O)CC(=O)C(C)(C)C)C(C)=O. The van der Waals surface area contributed by atoms with Gasteiger partial charge in [0.15, 0.2) is 5.78 Å². The van der Waals surface area contributed by atoms with E-state index in [0.717, 1.165) is 44.9 Å². The van der Waals surface area contributed by atoms with Gasteiger partial charge in [-0.05, 0) is 51.9 Å². The van der Waals surface area contributed by atoms with Crippen molar-refractivity contribution in [3.05, 3.63) is 0 Å². The average Bonchev–Trinajstić information content (AvgIpc) is 3.26. The molecular formula is C49H85N3O15. The topological polar surface area (TPSA) is 267 Å². The van der Waals surface area contributed by atoms with Crippen molar-refractivity contribution in [1.29, 1.82) is 0 Å². The Balaban J connectivity index is 3.93. The molecule has 386 valence electrons. The summed E-state index contributed by atoms with van der Waals surface area (Å²) in [6.45, 7) is 10.8. The van der Waals surface area contributed by atoms with Crippen molar-refractivity contribution in [2.75, 3.05) is 65.9 Å². The molecule has 0 spiro atoms. The highest BCUT2D eigenvalue weighted by molar-refractivity contribution is 5.92. The summed E-state index contributed by atoms with van der Waals surface area (Å²) in [6.07, 6.45) is 11.6. The van der Waals surface area contributed by atoms with Crippen LogP contribution in [0, 0.1) is 17.3 Å². The second-order valence-electron chi connectivity index (χ2n) is 18.2. The molecule has 3 amide bonds. The fourth-order valence-electron chi connectivity index (χ4n) is 6.92. The molecule has 0 radical (unpaired) electrons. The number of carbonyl (C=O) groups is 9. The molecule has 0 saturated carbocycles. The first kappa shape index (κ1) is 62.9. The maximum Gasteiger partial charge on any atom is 0.326 e. The number of nitrogens with one attached hydrogen (secondary N) is 3. The Kier molecular flexibility index (Phi) is 37.4. The van der Waals surface area contributed by atoms with Crippen LogP contribution in [0.1, 0.15) is 169 Å². The number of hydrogen-bond donors (Lipinski definition) is 5. The van der Waals surface area contributed by atoms with Gasteiger partial charge in [0, 0.05) is 75.5 Å². The Morgan fingerprint density at radius 2 is 1.10 bits per heavy atom. The predicted molar refractivity (Wildman–Crippen MR) is 251 cm³/mol. The zero-order chi connectivity index (χ0) is 50.3. The number of amides is 3. The Labute approximate surface area is 398 Å². The van der Waals surface area contributed by atoms with E-state index in [4.69, 9.17) is 24.1 Å². The third kappa shape index (κ3) is 37.5. The van der Waals surface area contributed by atoms with Gasteiger partial charge in [-0.25, -0.2) is 4.79 Å². The summed E-state index contributed by atoms with van der Waals surface area (Å²) in [7, 11) is 0.